The lowest BCUT2D eigenvalue weighted by Crippen LogP contribution is -2.19. The van der Waals surface area contributed by atoms with E-state index in [2.05, 4.69) is 6.92 Å². The van der Waals surface area contributed by atoms with E-state index in [4.69, 9.17) is 18.9 Å². The van der Waals surface area contributed by atoms with Crippen LogP contribution in [0.1, 0.15) is 33.1 Å². The zero-order chi connectivity index (χ0) is 12.8. The number of unbranched alkanes of at least 4 members (excludes halogenated alkanes) is 1. The Morgan fingerprint density at radius 3 is 2.35 bits per heavy atom. The van der Waals surface area contributed by atoms with Crippen molar-refractivity contribution in [2.45, 2.75) is 39.2 Å². The predicted octanol–water partition coefficient (Wildman–Crippen LogP) is 2.26. The molecule has 0 heterocycles. The van der Waals surface area contributed by atoms with Gasteiger partial charge in [-0.3, -0.25) is 0 Å². The SMILES string of the molecule is CCCCOCCOCC(C)OCCCOC. The van der Waals surface area contributed by atoms with Gasteiger partial charge < -0.3 is 18.9 Å². The lowest BCUT2D eigenvalue weighted by Gasteiger charge is -2.13. The first-order chi connectivity index (χ1) is 8.31. The van der Waals surface area contributed by atoms with Crippen LogP contribution in [0, 0.1) is 0 Å². The van der Waals surface area contributed by atoms with Crippen LogP contribution in [0.2, 0.25) is 0 Å². The van der Waals surface area contributed by atoms with E-state index in [1.54, 1.807) is 7.11 Å². The fraction of sp³-hybridized carbons (Fsp3) is 1.00. The van der Waals surface area contributed by atoms with Crippen LogP contribution in [0.3, 0.4) is 0 Å². The van der Waals surface area contributed by atoms with E-state index in [0.717, 1.165) is 32.7 Å². The number of ether oxygens (including phenoxy) is 4. The van der Waals surface area contributed by atoms with E-state index in [1.807, 2.05) is 6.92 Å². The molecule has 0 saturated heterocycles. The van der Waals surface area contributed by atoms with Gasteiger partial charge in [-0.05, 0) is 19.8 Å². The van der Waals surface area contributed by atoms with Crippen molar-refractivity contribution in [3.63, 3.8) is 0 Å². The summed E-state index contributed by atoms with van der Waals surface area (Å²) in [7, 11) is 1.70. The van der Waals surface area contributed by atoms with Crippen molar-refractivity contribution in [3.05, 3.63) is 0 Å². The Hall–Kier alpha value is -0.160. The molecule has 0 N–H and O–H groups in total. The second-order valence-corrected chi connectivity index (χ2v) is 4.07. The number of rotatable bonds is 13. The molecule has 0 aliphatic carbocycles. The third-order valence-electron chi connectivity index (χ3n) is 2.26. The first kappa shape index (κ1) is 16.8. The molecule has 0 aliphatic heterocycles. The van der Waals surface area contributed by atoms with Crippen LogP contribution >= 0.6 is 0 Å². The summed E-state index contributed by atoms with van der Waals surface area (Å²) < 4.78 is 21.3. The molecule has 0 aromatic carbocycles. The molecule has 0 aromatic rings. The normalized spacial score (nSPS) is 12.9. The lowest BCUT2D eigenvalue weighted by molar-refractivity contribution is -0.0271. The van der Waals surface area contributed by atoms with Crippen LogP contribution in [-0.2, 0) is 18.9 Å². The average molecular weight is 248 g/mol. The highest BCUT2D eigenvalue weighted by atomic mass is 16.5. The molecule has 0 radical (unpaired) electrons. The minimum absolute atomic E-state index is 0.141. The zero-order valence-corrected chi connectivity index (χ0v) is 11.6. The summed E-state index contributed by atoms with van der Waals surface area (Å²) in [5, 5.41) is 0. The van der Waals surface area contributed by atoms with Gasteiger partial charge in [0.15, 0.2) is 0 Å². The van der Waals surface area contributed by atoms with E-state index in [9.17, 15) is 0 Å². The Labute approximate surface area is 106 Å². The Morgan fingerprint density at radius 1 is 0.882 bits per heavy atom. The first-order valence-electron chi connectivity index (χ1n) is 6.57. The highest BCUT2D eigenvalue weighted by molar-refractivity contribution is 4.47. The third-order valence-corrected chi connectivity index (χ3v) is 2.26. The monoisotopic (exact) mass is 248 g/mol. The molecule has 0 rings (SSSR count). The van der Waals surface area contributed by atoms with Gasteiger partial charge in [0.1, 0.15) is 0 Å². The second-order valence-electron chi connectivity index (χ2n) is 4.07. The molecule has 4 heteroatoms. The van der Waals surface area contributed by atoms with Gasteiger partial charge in [0.05, 0.1) is 25.9 Å². The maximum atomic E-state index is 5.54. The van der Waals surface area contributed by atoms with Crippen molar-refractivity contribution in [2.75, 3.05) is 46.8 Å². The topological polar surface area (TPSA) is 36.9 Å². The van der Waals surface area contributed by atoms with E-state index < -0.39 is 0 Å². The first-order valence-corrected chi connectivity index (χ1v) is 6.57. The molecular weight excluding hydrogens is 220 g/mol. The standard InChI is InChI=1S/C13H28O4/c1-4-5-8-15-10-11-16-12-13(2)17-9-6-7-14-3/h13H,4-12H2,1-3H3. The van der Waals surface area contributed by atoms with Gasteiger partial charge in [0.25, 0.3) is 0 Å². The van der Waals surface area contributed by atoms with E-state index in [1.165, 1.54) is 6.42 Å². The van der Waals surface area contributed by atoms with Crippen LogP contribution in [0.4, 0.5) is 0 Å². The maximum Gasteiger partial charge on any atom is 0.0780 e. The number of methoxy groups -OCH3 is 1. The highest BCUT2D eigenvalue weighted by Gasteiger charge is 2.01. The molecule has 0 bridgehead atoms. The summed E-state index contributed by atoms with van der Waals surface area (Å²) in [6.07, 6.45) is 3.37. The molecule has 1 unspecified atom stereocenters. The van der Waals surface area contributed by atoms with Gasteiger partial charge in [0.2, 0.25) is 0 Å². The van der Waals surface area contributed by atoms with Gasteiger partial charge >= 0.3 is 0 Å². The summed E-state index contributed by atoms with van der Waals surface area (Å²) in [6, 6.07) is 0. The molecule has 1 atom stereocenters. The van der Waals surface area contributed by atoms with Gasteiger partial charge in [-0.2, -0.15) is 0 Å². The molecule has 4 nitrogen and oxygen atoms in total. The largest absolute Gasteiger partial charge is 0.385 e. The third kappa shape index (κ3) is 13.8. The fourth-order valence-corrected chi connectivity index (χ4v) is 1.25. The molecule has 0 saturated carbocycles. The Balaban J connectivity index is 3.08. The minimum atomic E-state index is 0.141. The summed E-state index contributed by atoms with van der Waals surface area (Å²) in [5.41, 5.74) is 0. The second kappa shape index (κ2) is 13.9. The van der Waals surface area contributed by atoms with Crippen molar-refractivity contribution < 1.29 is 18.9 Å². The Kier molecular flexibility index (Phi) is 13.8. The summed E-state index contributed by atoms with van der Waals surface area (Å²) >= 11 is 0. The van der Waals surface area contributed by atoms with Gasteiger partial charge in [0, 0.05) is 26.9 Å². The Bertz CT molecular complexity index is 141. The number of hydrogen-bond acceptors (Lipinski definition) is 4. The summed E-state index contributed by atoms with van der Waals surface area (Å²) in [4.78, 5) is 0. The minimum Gasteiger partial charge on any atom is -0.385 e. The molecule has 0 spiro atoms. The van der Waals surface area contributed by atoms with Crippen LogP contribution in [0.25, 0.3) is 0 Å². The van der Waals surface area contributed by atoms with Gasteiger partial charge in [-0.15, -0.1) is 0 Å². The lowest BCUT2D eigenvalue weighted by atomic mass is 10.4. The molecule has 104 valence electrons. The zero-order valence-electron chi connectivity index (χ0n) is 11.6. The van der Waals surface area contributed by atoms with E-state index >= 15 is 0 Å². The van der Waals surface area contributed by atoms with E-state index in [0.29, 0.717) is 19.8 Å². The molecule has 0 aromatic heterocycles. The van der Waals surface area contributed by atoms with Crippen molar-refractivity contribution in [1.82, 2.24) is 0 Å². The van der Waals surface area contributed by atoms with Gasteiger partial charge in [-0.25, -0.2) is 0 Å². The van der Waals surface area contributed by atoms with Crippen molar-refractivity contribution in [1.29, 1.82) is 0 Å². The highest BCUT2D eigenvalue weighted by Crippen LogP contribution is 1.95. The average Bonchev–Trinajstić information content (AvgIpc) is 2.33. The van der Waals surface area contributed by atoms with Crippen LogP contribution in [0.15, 0.2) is 0 Å². The Morgan fingerprint density at radius 2 is 1.65 bits per heavy atom. The van der Waals surface area contributed by atoms with Crippen molar-refractivity contribution in [2.24, 2.45) is 0 Å². The fourth-order valence-electron chi connectivity index (χ4n) is 1.25. The molecule has 0 amide bonds. The molecule has 0 aliphatic rings. The van der Waals surface area contributed by atoms with Crippen molar-refractivity contribution in [3.8, 4) is 0 Å². The van der Waals surface area contributed by atoms with Crippen LogP contribution < -0.4 is 0 Å². The van der Waals surface area contributed by atoms with Crippen molar-refractivity contribution >= 4 is 0 Å². The van der Waals surface area contributed by atoms with Gasteiger partial charge in [-0.1, -0.05) is 13.3 Å². The molecule has 0 fully saturated rings. The smallest absolute Gasteiger partial charge is 0.0780 e. The van der Waals surface area contributed by atoms with Crippen LogP contribution in [0.5, 0.6) is 0 Å². The molecule has 17 heavy (non-hydrogen) atoms. The summed E-state index contributed by atoms with van der Waals surface area (Å²) in [5.74, 6) is 0. The van der Waals surface area contributed by atoms with E-state index in [-0.39, 0.29) is 6.10 Å². The summed E-state index contributed by atoms with van der Waals surface area (Å²) in [6.45, 7) is 8.44. The maximum absolute atomic E-state index is 5.54. The number of hydrogen-bond donors (Lipinski definition) is 0. The van der Waals surface area contributed by atoms with Crippen LogP contribution in [-0.4, -0.2) is 52.9 Å². The molecular formula is C13H28O4. The quantitative estimate of drug-likeness (QED) is 0.469. The predicted molar refractivity (Wildman–Crippen MR) is 68.5 cm³/mol.